The van der Waals surface area contributed by atoms with Crippen molar-refractivity contribution in [2.24, 2.45) is 0 Å². The van der Waals surface area contributed by atoms with Gasteiger partial charge in [0.2, 0.25) is 0 Å². The zero-order valence-corrected chi connectivity index (χ0v) is 8.93. The largest absolute Gasteiger partial charge is 0.477 e. The number of rotatable bonds is 4. The van der Waals surface area contributed by atoms with Gasteiger partial charge in [-0.1, -0.05) is 0 Å². The summed E-state index contributed by atoms with van der Waals surface area (Å²) >= 11 is 0. The van der Waals surface area contributed by atoms with Gasteiger partial charge in [0.1, 0.15) is 5.56 Å². The van der Waals surface area contributed by atoms with Crippen LogP contribution in [0.3, 0.4) is 0 Å². The Bertz CT molecular complexity index is 497. The third kappa shape index (κ3) is 2.48. The number of nitrogens with zero attached hydrogens (tertiary/aromatic N) is 2. The van der Waals surface area contributed by atoms with Gasteiger partial charge < -0.3 is 9.67 Å². The number of carbonyl (C=O) groups is 1. The summed E-state index contributed by atoms with van der Waals surface area (Å²) in [5.41, 5.74) is -0.0408. The Labute approximate surface area is 92.6 Å². The van der Waals surface area contributed by atoms with Gasteiger partial charge in [0.25, 0.3) is 5.56 Å². The third-order valence-electron chi connectivity index (χ3n) is 2.29. The van der Waals surface area contributed by atoms with E-state index in [2.05, 4.69) is 0 Å². The molecule has 0 atom stereocenters. The van der Waals surface area contributed by atoms with E-state index in [0.29, 0.717) is 25.1 Å². The molecule has 0 aromatic carbocycles. The SMILES string of the molecule is Cc1ccc(C(=O)O)c(=O)n1CCCC#N. The van der Waals surface area contributed by atoms with Crippen LogP contribution in [-0.2, 0) is 6.54 Å². The molecule has 1 heterocycles. The predicted molar refractivity (Wildman–Crippen MR) is 57.2 cm³/mol. The van der Waals surface area contributed by atoms with E-state index in [1.54, 1.807) is 13.0 Å². The fourth-order valence-corrected chi connectivity index (χ4v) is 1.43. The first kappa shape index (κ1) is 12.0. The quantitative estimate of drug-likeness (QED) is 0.772. The second-order valence-corrected chi connectivity index (χ2v) is 3.41. The first-order chi connectivity index (χ1) is 7.57. The van der Waals surface area contributed by atoms with Crippen LogP contribution in [0, 0.1) is 18.3 Å². The Balaban J connectivity index is 3.08. The van der Waals surface area contributed by atoms with Crippen molar-refractivity contribution in [1.82, 2.24) is 4.57 Å². The summed E-state index contributed by atoms with van der Waals surface area (Å²) in [6.07, 6.45) is 0.892. The molecule has 5 nitrogen and oxygen atoms in total. The van der Waals surface area contributed by atoms with Crippen LogP contribution >= 0.6 is 0 Å². The molecule has 0 radical (unpaired) electrons. The molecule has 0 spiro atoms. The number of aryl methyl sites for hydroxylation is 1. The molecule has 1 rings (SSSR count). The van der Waals surface area contributed by atoms with Crippen LogP contribution in [-0.4, -0.2) is 15.6 Å². The summed E-state index contributed by atoms with van der Waals surface area (Å²) < 4.78 is 1.39. The monoisotopic (exact) mass is 220 g/mol. The van der Waals surface area contributed by atoms with Gasteiger partial charge in [-0.15, -0.1) is 0 Å². The summed E-state index contributed by atoms with van der Waals surface area (Å²) in [6, 6.07) is 4.88. The van der Waals surface area contributed by atoms with Crippen LogP contribution in [0.5, 0.6) is 0 Å². The Morgan fingerprint density at radius 2 is 2.25 bits per heavy atom. The van der Waals surface area contributed by atoms with E-state index in [1.165, 1.54) is 10.6 Å². The zero-order valence-electron chi connectivity index (χ0n) is 8.93. The summed E-state index contributed by atoms with van der Waals surface area (Å²) in [5.74, 6) is -1.22. The molecule has 0 aliphatic carbocycles. The van der Waals surface area contributed by atoms with Crippen LogP contribution in [0.2, 0.25) is 0 Å². The van der Waals surface area contributed by atoms with Gasteiger partial charge in [-0.05, 0) is 25.5 Å². The third-order valence-corrected chi connectivity index (χ3v) is 2.29. The van der Waals surface area contributed by atoms with Crippen molar-refractivity contribution in [1.29, 1.82) is 5.26 Å². The second kappa shape index (κ2) is 5.12. The van der Waals surface area contributed by atoms with Crippen molar-refractivity contribution < 1.29 is 9.90 Å². The van der Waals surface area contributed by atoms with Crippen LogP contribution in [0.4, 0.5) is 0 Å². The second-order valence-electron chi connectivity index (χ2n) is 3.41. The van der Waals surface area contributed by atoms with Crippen LogP contribution < -0.4 is 5.56 Å². The lowest BCUT2D eigenvalue weighted by Crippen LogP contribution is -2.27. The van der Waals surface area contributed by atoms with Crippen molar-refractivity contribution in [3.05, 3.63) is 33.7 Å². The standard InChI is InChI=1S/C11H12N2O3/c1-8-4-5-9(11(15)16)10(14)13(8)7-3-2-6-12/h4-5H,2-3,7H2,1H3,(H,15,16). The fraction of sp³-hybridized carbons (Fsp3) is 0.364. The van der Waals surface area contributed by atoms with Gasteiger partial charge in [-0.3, -0.25) is 4.79 Å². The van der Waals surface area contributed by atoms with Gasteiger partial charge in [0.05, 0.1) is 6.07 Å². The molecule has 84 valence electrons. The molecule has 1 N–H and O–H groups in total. The Kier molecular flexibility index (Phi) is 3.84. The molecule has 0 saturated carbocycles. The number of aromatic carboxylic acids is 1. The molecule has 0 saturated heterocycles. The van der Waals surface area contributed by atoms with Crippen LogP contribution in [0.1, 0.15) is 28.9 Å². The van der Waals surface area contributed by atoms with Crippen molar-refractivity contribution in [2.75, 3.05) is 0 Å². The molecular formula is C11H12N2O3. The molecule has 0 amide bonds. The topological polar surface area (TPSA) is 83.1 Å². The molecule has 0 unspecified atom stereocenters. The molecule has 0 aliphatic rings. The Morgan fingerprint density at radius 3 is 2.81 bits per heavy atom. The van der Waals surface area contributed by atoms with E-state index in [1.807, 2.05) is 6.07 Å². The van der Waals surface area contributed by atoms with Crippen molar-refractivity contribution >= 4 is 5.97 Å². The van der Waals surface area contributed by atoms with Gasteiger partial charge >= 0.3 is 5.97 Å². The molecule has 16 heavy (non-hydrogen) atoms. The van der Waals surface area contributed by atoms with E-state index in [4.69, 9.17) is 10.4 Å². The summed E-state index contributed by atoms with van der Waals surface area (Å²) in [7, 11) is 0. The number of carboxylic acid groups (broad SMARTS) is 1. The minimum absolute atomic E-state index is 0.234. The molecule has 1 aromatic rings. The summed E-state index contributed by atoms with van der Waals surface area (Å²) in [4.78, 5) is 22.5. The van der Waals surface area contributed by atoms with Gasteiger partial charge in [0.15, 0.2) is 0 Å². The Morgan fingerprint density at radius 1 is 1.56 bits per heavy atom. The van der Waals surface area contributed by atoms with E-state index >= 15 is 0 Å². The number of hydrogen-bond donors (Lipinski definition) is 1. The highest BCUT2D eigenvalue weighted by atomic mass is 16.4. The normalized spacial score (nSPS) is 9.75. The molecule has 1 aromatic heterocycles. The van der Waals surface area contributed by atoms with E-state index < -0.39 is 11.5 Å². The molecule has 0 bridgehead atoms. The van der Waals surface area contributed by atoms with Gasteiger partial charge in [0, 0.05) is 18.7 Å². The van der Waals surface area contributed by atoms with Crippen LogP contribution in [0.15, 0.2) is 16.9 Å². The molecule has 0 fully saturated rings. The van der Waals surface area contributed by atoms with Gasteiger partial charge in [-0.25, -0.2) is 4.79 Å². The highest BCUT2D eigenvalue weighted by Gasteiger charge is 2.11. The van der Waals surface area contributed by atoms with Gasteiger partial charge in [-0.2, -0.15) is 5.26 Å². The van der Waals surface area contributed by atoms with Crippen molar-refractivity contribution in [2.45, 2.75) is 26.3 Å². The minimum Gasteiger partial charge on any atom is -0.477 e. The molecular weight excluding hydrogens is 208 g/mol. The van der Waals surface area contributed by atoms with Crippen molar-refractivity contribution in [3.63, 3.8) is 0 Å². The number of carboxylic acids is 1. The average Bonchev–Trinajstić information content (AvgIpc) is 2.22. The smallest absolute Gasteiger partial charge is 0.341 e. The number of aromatic nitrogens is 1. The first-order valence-corrected chi connectivity index (χ1v) is 4.88. The maximum Gasteiger partial charge on any atom is 0.341 e. The number of hydrogen-bond acceptors (Lipinski definition) is 3. The number of pyridine rings is 1. The van der Waals surface area contributed by atoms with Crippen molar-refractivity contribution in [3.8, 4) is 6.07 Å². The average molecular weight is 220 g/mol. The van der Waals surface area contributed by atoms with E-state index in [9.17, 15) is 9.59 Å². The Hall–Kier alpha value is -2.09. The lowest BCUT2D eigenvalue weighted by atomic mass is 10.2. The lowest BCUT2D eigenvalue weighted by molar-refractivity contribution is 0.0694. The lowest BCUT2D eigenvalue weighted by Gasteiger charge is -2.09. The maximum atomic E-state index is 11.7. The number of nitriles is 1. The maximum absolute atomic E-state index is 11.7. The van der Waals surface area contributed by atoms with E-state index in [-0.39, 0.29) is 5.56 Å². The van der Waals surface area contributed by atoms with E-state index in [0.717, 1.165) is 0 Å². The first-order valence-electron chi connectivity index (χ1n) is 4.88. The zero-order chi connectivity index (χ0) is 12.1. The van der Waals surface area contributed by atoms with Crippen LogP contribution in [0.25, 0.3) is 0 Å². The highest BCUT2D eigenvalue weighted by Crippen LogP contribution is 2.01. The number of unbranched alkanes of at least 4 members (excludes halogenated alkanes) is 1. The summed E-state index contributed by atoms with van der Waals surface area (Å²) in [6.45, 7) is 2.11. The summed E-state index contributed by atoms with van der Waals surface area (Å²) in [5, 5.41) is 17.2. The fourth-order valence-electron chi connectivity index (χ4n) is 1.43. The predicted octanol–water partition coefficient (Wildman–Crippen LogP) is 1.16. The highest BCUT2D eigenvalue weighted by molar-refractivity contribution is 5.87. The minimum atomic E-state index is -1.22. The molecule has 0 aliphatic heterocycles. The molecule has 5 heteroatoms.